The van der Waals surface area contributed by atoms with Gasteiger partial charge in [0.2, 0.25) is 0 Å². The maximum absolute atomic E-state index is 13.5. The van der Waals surface area contributed by atoms with Gasteiger partial charge in [-0.2, -0.15) is 0 Å². The molecule has 8 heteroatoms. The summed E-state index contributed by atoms with van der Waals surface area (Å²) < 4.78 is 30.7. The number of methoxy groups -OCH3 is 1. The van der Waals surface area contributed by atoms with Crippen molar-refractivity contribution in [2.24, 2.45) is 0 Å². The second-order valence-electron chi connectivity index (χ2n) is 9.06. The van der Waals surface area contributed by atoms with Crippen LogP contribution in [0.4, 0.5) is 4.39 Å². The fourth-order valence-electron chi connectivity index (χ4n) is 4.69. The molecule has 0 bridgehead atoms. The van der Waals surface area contributed by atoms with E-state index in [1.807, 2.05) is 0 Å². The summed E-state index contributed by atoms with van der Waals surface area (Å²) in [6, 6.07) is 9.54. The molecule has 1 N–H and O–H groups in total. The minimum absolute atomic E-state index is 0.0525. The number of unbranched alkanes of at least 4 members (excludes halogenated alkanes) is 2. The number of hydrogen-bond donors (Lipinski definition) is 1. The number of amides is 1. The highest BCUT2D eigenvalue weighted by molar-refractivity contribution is 6.46. The second-order valence-corrected chi connectivity index (χ2v) is 9.06. The van der Waals surface area contributed by atoms with E-state index in [0.717, 1.165) is 32.1 Å². The lowest BCUT2D eigenvalue weighted by Gasteiger charge is -2.28. The van der Waals surface area contributed by atoms with Gasteiger partial charge in [0, 0.05) is 18.7 Å². The topological polar surface area (TPSA) is 85.3 Å². The number of hydrogen-bond acceptors (Lipinski definition) is 6. The van der Waals surface area contributed by atoms with Gasteiger partial charge in [0.25, 0.3) is 11.7 Å². The van der Waals surface area contributed by atoms with Gasteiger partial charge in [0.05, 0.1) is 31.4 Å². The van der Waals surface area contributed by atoms with Crippen LogP contribution in [0.25, 0.3) is 5.76 Å². The number of Topliss-reactive ketones (excluding diaryl/α,β-unsaturated/α-hetero) is 1. The van der Waals surface area contributed by atoms with Crippen LogP contribution in [0.5, 0.6) is 11.5 Å². The van der Waals surface area contributed by atoms with Crippen molar-refractivity contribution in [3.05, 3.63) is 65.0 Å². The Kier molecular flexibility index (Phi) is 8.25. The minimum atomic E-state index is -0.859. The average molecular weight is 498 g/mol. The number of ketones is 1. The molecule has 0 saturated carbocycles. The Bertz CT molecular complexity index is 1120. The lowest BCUT2D eigenvalue weighted by Crippen LogP contribution is -2.36. The molecule has 2 aromatic carbocycles. The predicted octanol–water partition coefficient (Wildman–Crippen LogP) is 5.00. The Balaban J connectivity index is 1.75. The number of rotatable bonds is 10. The fourth-order valence-corrected chi connectivity index (χ4v) is 4.69. The lowest BCUT2D eigenvalue weighted by atomic mass is 9.94. The summed E-state index contributed by atoms with van der Waals surface area (Å²) in [5.41, 5.74) is 0.788. The van der Waals surface area contributed by atoms with Crippen molar-refractivity contribution >= 4 is 17.4 Å². The number of likely N-dealkylation sites (tertiary alicyclic amines) is 1. The largest absolute Gasteiger partial charge is 0.507 e. The summed E-state index contributed by atoms with van der Waals surface area (Å²) in [5.74, 6) is -1.30. The van der Waals surface area contributed by atoms with E-state index in [1.165, 1.54) is 36.3 Å². The van der Waals surface area contributed by atoms with Crippen molar-refractivity contribution in [3.63, 3.8) is 0 Å². The van der Waals surface area contributed by atoms with Crippen molar-refractivity contribution in [1.29, 1.82) is 0 Å². The molecular weight excluding hydrogens is 465 g/mol. The molecule has 2 saturated heterocycles. The van der Waals surface area contributed by atoms with Gasteiger partial charge in [-0.15, -0.1) is 0 Å². The highest BCUT2D eigenvalue weighted by atomic mass is 19.1. The number of carbonyl (C=O) groups is 2. The van der Waals surface area contributed by atoms with E-state index in [0.29, 0.717) is 30.3 Å². The van der Waals surface area contributed by atoms with Crippen molar-refractivity contribution in [3.8, 4) is 11.5 Å². The van der Waals surface area contributed by atoms with E-state index in [1.54, 1.807) is 18.2 Å². The summed E-state index contributed by atoms with van der Waals surface area (Å²) in [5, 5.41) is 11.1. The van der Waals surface area contributed by atoms with Gasteiger partial charge in [-0.25, -0.2) is 4.39 Å². The van der Waals surface area contributed by atoms with Gasteiger partial charge >= 0.3 is 0 Å². The quantitative estimate of drug-likeness (QED) is 0.215. The SMILES string of the molecule is CCCCCOc1ccc(C2/C(=C(\O)c3ccc(F)cc3)C(=O)C(=O)N2CC2CCCO2)cc1OC. The van der Waals surface area contributed by atoms with Gasteiger partial charge < -0.3 is 24.2 Å². The third-order valence-corrected chi connectivity index (χ3v) is 6.59. The number of nitrogens with zero attached hydrogens (tertiary/aromatic N) is 1. The fraction of sp³-hybridized carbons (Fsp3) is 0.429. The van der Waals surface area contributed by atoms with E-state index in [4.69, 9.17) is 14.2 Å². The Morgan fingerprint density at radius 3 is 2.58 bits per heavy atom. The van der Waals surface area contributed by atoms with Crippen LogP contribution in [0.1, 0.15) is 56.2 Å². The van der Waals surface area contributed by atoms with Gasteiger partial charge in [-0.3, -0.25) is 9.59 Å². The standard InChI is InChI=1S/C28H32FNO6/c1-3-4-5-14-36-22-13-10-19(16-23(22)34-2)25-24(26(31)18-8-11-20(29)12-9-18)27(32)28(33)30(25)17-21-7-6-15-35-21/h8-13,16,21,25,31H,3-7,14-15,17H2,1-2H3/b26-24+. The summed E-state index contributed by atoms with van der Waals surface area (Å²) in [4.78, 5) is 27.8. The molecule has 7 nitrogen and oxygen atoms in total. The van der Waals surface area contributed by atoms with Crippen molar-refractivity contribution < 1.29 is 33.3 Å². The number of halogens is 1. The van der Waals surface area contributed by atoms with Gasteiger partial charge in [0.15, 0.2) is 11.5 Å². The third kappa shape index (κ3) is 5.38. The Labute approximate surface area is 210 Å². The molecule has 0 aliphatic carbocycles. The Hall–Kier alpha value is -3.39. The van der Waals surface area contributed by atoms with Crippen LogP contribution in [0, 0.1) is 5.82 Å². The van der Waals surface area contributed by atoms with Crippen LogP contribution in [-0.4, -0.2) is 54.7 Å². The van der Waals surface area contributed by atoms with Crippen molar-refractivity contribution in [2.75, 3.05) is 26.9 Å². The molecule has 192 valence electrons. The molecule has 2 fully saturated rings. The molecule has 2 aliphatic heterocycles. The van der Waals surface area contributed by atoms with Crippen molar-refractivity contribution in [2.45, 2.75) is 51.2 Å². The Morgan fingerprint density at radius 1 is 1.14 bits per heavy atom. The number of carbonyl (C=O) groups excluding carboxylic acids is 2. The van der Waals surface area contributed by atoms with Crippen LogP contribution in [0.3, 0.4) is 0 Å². The zero-order valence-corrected chi connectivity index (χ0v) is 20.7. The molecule has 4 rings (SSSR count). The van der Waals surface area contributed by atoms with E-state index < -0.39 is 23.5 Å². The highest BCUT2D eigenvalue weighted by Crippen LogP contribution is 2.42. The third-order valence-electron chi connectivity index (χ3n) is 6.59. The summed E-state index contributed by atoms with van der Waals surface area (Å²) in [7, 11) is 1.53. The van der Waals surface area contributed by atoms with E-state index >= 15 is 0 Å². The molecule has 2 atom stereocenters. The molecule has 1 amide bonds. The van der Waals surface area contributed by atoms with Gasteiger partial charge in [0.1, 0.15) is 11.6 Å². The molecule has 2 aliphatic rings. The van der Waals surface area contributed by atoms with Crippen LogP contribution < -0.4 is 9.47 Å². The number of ether oxygens (including phenoxy) is 3. The number of aliphatic hydroxyl groups excluding tert-OH is 1. The highest BCUT2D eigenvalue weighted by Gasteiger charge is 2.47. The minimum Gasteiger partial charge on any atom is -0.507 e. The first-order valence-electron chi connectivity index (χ1n) is 12.4. The molecular formula is C28H32FNO6. The second kappa shape index (κ2) is 11.6. The summed E-state index contributed by atoms with van der Waals surface area (Å²) in [6.45, 7) is 3.49. The van der Waals surface area contributed by atoms with E-state index in [2.05, 4.69) is 6.92 Å². The first-order chi connectivity index (χ1) is 17.4. The van der Waals surface area contributed by atoms with E-state index in [9.17, 15) is 19.1 Å². The monoisotopic (exact) mass is 497 g/mol. The van der Waals surface area contributed by atoms with Gasteiger partial charge in [-0.05, 0) is 61.2 Å². The maximum atomic E-state index is 13.5. The van der Waals surface area contributed by atoms with Crippen LogP contribution in [0.2, 0.25) is 0 Å². The molecule has 2 unspecified atom stereocenters. The zero-order chi connectivity index (χ0) is 25.7. The lowest BCUT2D eigenvalue weighted by molar-refractivity contribution is -0.140. The molecule has 36 heavy (non-hydrogen) atoms. The van der Waals surface area contributed by atoms with Gasteiger partial charge in [-0.1, -0.05) is 25.8 Å². The maximum Gasteiger partial charge on any atom is 0.295 e. The molecule has 0 aromatic heterocycles. The van der Waals surface area contributed by atoms with E-state index in [-0.39, 0.29) is 29.5 Å². The predicted molar refractivity (Wildman–Crippen MR) is 132 cm³/mol. The number of aliphatic hydroxyl groups is 1. The molecule has 0 radical (unpaired) electrons. The first kappa shape index (κ1) is 25.7. The smallest absolute Gasteiger partial charge is 0.295 e. The summed E-state index contributed by atoms with van der Waals surface area (Å²) in [6.07, 6.45) is 4.52. The molecule has 0 spiro atoms. The molecule has 2 heterocycles. The Morgan fingerprint density at radius 2 is 1.92 bits per heavy atom. The number of benzene rings is 2. The summed E-state index contributed by atoms with van der Waals surface area (Å²) >= 11 is 0. The normalized spacial score (nSPS) is 21.2. The van der Waals surface area contributed by atoms with Crippen molar-refractivity contribution in [1.82, 2.24) is 4.90 Å². The molecule has 2 aromatic rings. The van der Waals surface area contributed by atoms with Crippen LogP contribution >= 0.6 is 0 Å². The first-order valence-corrected chi connectivity index (χ1v) is 12.4. The van der Waals surface area contributed by atoms with Crippen LogP contribution in [-0.2, 0) is 14.3 Å². The average Bonchev–Trinajstić information content (AvgIpc) is 3.49. The zero-order valence-electron chi connectivity index (χ0n) is 20.7. The van der Waals surface area contributed by atoms with Crippen LogP contribution in [0.15, 0.2) is 48.0 Å².